The zero-order valence-corrected chi connectivity index (χ0v) is 7.30. The predicted molar refractivity (Wildman–Crippen MR) is 48.2 cm³/mol. The Labute approximate surface area is 80.8 Å². The molecule has 0 spiro atoms. The zero-order chi connectivity index (χ0) is 10.4. The van der Waals surface area contributed by atoms with Crippen molar-refractivity contribution in [3.8, 4) is 0 Å². The number of carbonyl (C=O) groups excluding carboxylic acids is 1. The van der Waals surface area contributed by atoms with Gasteiger partial charge < -0.3 is 10.4 Å². The summed E-state index contributed by atoms with van der Waals surface area (Å²) in [5.74, 6) is -1.09. The van der Waals surface area contributed by atoms with Gasteiger partial charge in [0.05, 0.1) is 0 Å². The molecule has 1 rings (SSSR count). The second-order valence-corrected chi connectivity index (χ2v) is 2.70. The fraction of sp³-hybridized carbons (Fsp3) is 0.222. The van der Waals surface area contributed by atoms with Crippen LogP contribution in [0.5, 0.6) is 0 Å². The number of aliphatic carboxylic acids is 1. The Morgan fingerprint density at radius 3 is 3.00 bits per heavy atom. The van der Waals surface area contributed by atoms with Gasteiger partial charge in [-0.3, -0.25) is 9.78 Å². The van der Waals surface area contributed by atoms with E-state index in [1.807, 2.05) is 0 Å². The van der Waals surface area contributed by atoms with E-state index >= 15 is 0 Å². The Balaban J connectivity index is 2.64. The number of pyridine rings is 1. The standard InChI is InChI=1S/C9H9N2O3/c12-6-11-8(9(13)14)4-7-2-1-3-10-5-7/h1-3,5,8H,4H2,(H,11,12)(H,13,14). The van der Waals surface area contributed by atoms with Crippen LogP contribution in [0.2, 0.25) is 0 Å². The second-order valence-electron chi connectivity index (χ2n) is 2.70. The number of rotatable bonds is 5. The van der Waals surface area contributed by atoms with Crippen LogP contribution in [0.1, 0.15) is 5.56 Å². The number of hydrogen-bond donors (Lipinski definition) is 2. The minimum Gasteiger partial charge on any atom is -0.480 e. The highest BCUT2D eigenvalue weighted by molar-refractivity contribution is 5.76. The topological polar surface area (TPSA) is 79.3 Å². The lowest BCUT2D eigenvalue weighted by Gasteiger charge is -2.09. The third kappa shape index (κ3) is 2.85. The number of carbonyl (C=O) groups is 1. The van der Waals surface area contributed by atoms with Gasteiger partial charge in [-0.25, -0.2) is 4.79 Å². The smallest absolute Gasteiger partial charge is 0.326 e. The largest absolute Gasteiger partial charge is 0.480 e. The van der Waals surface area contributed by atoms with Crippen LogP contribution in [-0.4, -0.2) is 28.5 Å². The minimum absolute atomic E-state index is 0.207. The average Bonchev–Trinajstić information content (AvgIpc) is 2.18. The van der Waals surface area contributed by atoms with Gasteiger partial charge in [0.1, 0.15) is 6.04 Å². The first-order chi connectivity index (χ1) is 6.74. The van der Waals surface area contributed by atoms with Gasteiger partial charge in [-0.15, -0.1) is 0 Å². The third-order valence-corrected chi connectivity index (χ3v) is 1.69. The van der Waals surface area contributed by atoms with Gasteiger partial charge in [0, 0.05) is 18.8 Å². The number of nitrogens with one attached hydrogen (secondary N) is 1. The summed E-state index contributed by atoms with van der Waals surface area (Å²) >= 11 is 0. The molecule has 0 saturated carbocycles. The summed E-state index contributed by atoms with van der Waals surface area (Å²) in [6.45, 7) is 0. The minimum atomic E-state index is -1.09. The first-order valence-corrected chi connectivity index (χ1v) is 3.98. The Morgan fingerprint density at radius 2 is 2.50 bits per heavy atom. The Morgan fingerprint density at radius 1 is 1.71 bits per heavy atom. The summed E-state index contributed by atoms with van der Waals surface area (Å²) in [4.78, 5) is 24.5. The summed E-state index contributed by atoms with van der Waals surface area (Å²) in [6, 6.07) is 2.51. The fourth-order valence-corrected chi connectivity index (χ4v) is 1.03. The van der Waals surface area contributed by atoms with Crippen LogP contribution in [0.15, 0.2) is 24.5 Å². The van der Waals surface area contributed by atoms with Gasteiger partial charge >= 0.3 is 12.4 Å². The zero-order valence-electron chi connectivity index (χ0n) is 7.30. The maximum absolute atomic E-state index is 10.6. The predicted octanol–water partition coefficient (Wildman–Crippen LogP) is -0.266. The monoisotopic (exact) mass is 193 g/mol. The molecule has 1 unspecified atom stereocenters. The average molecular weight is 193 g/mol. The van der Waals surface area contributed by atoms with Crippen molar-refractivity contribution in [3.05, 3.63) is 30.1 Å². The normalized spacial score (nSPS) is 11.7. The number of carboxylic acids is 1. The molecule has 1 aromatic rings. The van der Waals surface area contributed by atoms with Crippen LogP contribution in [0, 0.1) is 0 Å². The molecule has 73 valence electrons. The summed E-state index contributed by atoms with van der Waals surface area (Å²) in [6.07, 6.45) is 4.73. The Bertz CT molecular complexity index is 313. The molecule has 14 heavy (non-hydrogen) atoms. The number of carboxylic acid groups (broad SMARTS) is 1. The molecule has 0 aliphatic carbocycles. The molecular formula is C9H9N2O3. The van der Waals surface area contributed by atoms with E-state index in [1.165, 1.54) is 6.41 Å². The lowest BCUT2D eigenvalue weighted by Crippen LogP contribution is -2.37. The fourth-order valence-electron chi connectivity index (χ4n) is 1.03. The highest BCUT2D eigenvalue weighted by atomic mass is 16.4. The molecule has 0 bridgehead atoms. The van der Waals surface area contributed by atoms with Crippen molar-refractivity contribution in [1.29, 1.82) is 0 Å². The lowest BCUT2D eigenvalue weighted by molar-refractivity contribution is -0.139. The van der Waals surface area contributed by atoms with Crippen LogP contribution in [0.25, 0.3) is 0 Å². The molecule has 5 nitrogen and oxygen atoms in total. The quantitative estimate of drug-likeness (QED) is 0.631. The number of nitrogens with zero attached hydrogens (tertiary/aromatic N) is 1. The van der Waals surface area contributed by atoms with E-state index in [-0.39, 0.29) is 6.42 Å². The van der Waals surface area contributed by atoms with E-state index < -0.39 is 12.0 Å². The molecule has 1 atom stereocenters. The maximum atomic E-state index is 10.6. The van der Waals surface area contributed by atoms with Gasteiger partial charge in [-0.05, 0) is 11.6 Å². The van der Waals surface area contributed by atoms with E-state index in [2.05, 4.69) is 10.3 Å². The third-order valence-electron chi connectivity index (χ3n) is 1.69. The van der Waals surface area contributed by atoms with E-state index in [4.69, 9.17) is 5.11 Å². The summed E-state index contributed by atoms with van der Waals surface area (Å²) in [7, 11) is 0. The van der Waals surface area contributed by atoms with Crippen molar-refractivity contribution in [2.24, 2.45) is 0 Å². The van der Waals surface area contributed by atoms with Crippen molar-refractivity contribution >= 4 is 12.4 Å². The summed E-state index contributed by atoms with van der Waals surface area (Å²) in [5.41, 5.74) is 0.752. The first kappa shape index (κ1) is 10.2. The van der Waals surface area contributed by atoms with Crippen LogP contribution in [0.3, 0.4) is 0 Å². The van der Waals surface area contributed by atoms with Crippen molar-refractivity contribution in [2.75, 3.05) is 0 Å². The molecule has 1 radical (unpaired) electrons. The molecule has 1 heterocycles. The summed E-state index contributed by atoms with van der Waals surface area (Å²) < 4.78 is 0. The highest BCUT2D eigenvalue weighted by Crippen LogP contribution is 2.00. The van der Waals surface area contributed by atoms with E-state index in [0.29, 0.717) is 0 Å². The van der Waals surface area contributed by atoms with E-state index in [9.17, 15) is 9.59 Å². The Hall–Kier alpha value is -1.91. The highest BCUT2D eigenvalue weighted by Gasteiger charge is 2.16. The molecule has 0 aliphatic rings. The molecule has 0 fully saturated rings. The Kier molecular flexibility index (Phi) is 3.60. The van der Waals surface area contributed by atoms with Crippen LogP contribution < -0.4 is 5.32 Å². The van der Waals surface area contributed by atoms with Gasteiger partial charge in [-0.1, -0.05) is 6.07 Å². The van der Waals surface area contributed by atoms with Crippen molar-refractivity contribution in [1.82, 2.24) is 10.3 Å². The summed E-state index contributed by atoms with van der Waals surface area (Å²) in [5, 5.41) is 10.8. The molecular weight excluding hydrogens is 184 g/mol. The van der Waals surface area contributed by atoms with Gasteiger partial charge in [0.25, 0.3) is 0 Å². The molecule has 0 aliphatic heterocycles. The molecule has 2 N–H and O–H groups in total. The number of hydrogen-bond acceptors (Lipinski definition) is 3. The van der Waals surface area contributed by atoms with Crippen LogP contribution >= 0.6 is 0 Å². The number of aromatic nitrogens is 1. The maximum Gasteiger partial charge on any atom is 0.326 e. The molecule has 1 amide bonds. The van der Waals surface area contributed by atoms with Crippen LogP contribution in [0.4, 0.5) is 0 Å². The first-order valence-electron chi connectivity index (χ1n) is 3.98. The number of amides is 1. The molecule has 0 saturated heterocycles. The van der Waals surface area contributed by atoms with E-state index in [0.717, 1.165) is 5.56 Å². The van der Waals surface area contributed by atoms with Gasteiger partial charge in [-0.2, -0.15) is 0 Å². The van der Waals surface area contributed by atoms with Crippen molar-refractivity contribution in [3.63, 3.8) is 0 Å². The SMILES string of the molecule is O=[C]NC(Cc1cccnc1)C(=O)O. The van der Waals surface area contributed by atoms with E-state index in [1.54, 1.807) is 24.5 Å². The molecule has 1 aromatic heterocycles. The van der Waals surface area contributed by atoms with Gasteiger partial charge in [0.2, 0.25) is 0 Å². The lowest BCUT2D eigenvalue weighted by atomic mass is 10.1. The van der Waals surface area contributed by atoms with Gasteiger partial charge in [0.15, 0.2) is 0 Å². The second kappa shape index (κ2) is 4.96. The van der Waals surface area contributed by atoms with Crippen LogP contribution in [-0.2, 0) is 16.0 Å². The molecule has 5 heteroatoms. The van der Waals surface area contributed by atoms with Crippen molar-refractivity contribution in [2.45, 2.75) is 12.5 Å². The molecule has 0 aromatic carbocycles. The van der Waals surface area contributed by atoms with Crippen molar-refractivity contribution < 1.29 is 14.7 Å².